The number of hydrogen-bond acceptors (Lipinski definition) is 5. The minimum absolute atomic E-state index is 0.209. The number of hydrogen-bond donors (Lipinski definition) is 2. The fraction of sp³-hybridized carbons (Fsp3) is 0.294. The Kier molecular flexibility index (Phi) is 11.5. The van der Waals surface area contributed by atoms with Crippen molar-refractivity contribution in [3.05, 3.63) is 105 Å². The van der Waals surface area contributed by atoms with Gasteiger partial charge < -0.3 is 14.8 Å². The Morgan fingerprint density at radius 3 is 2.40 bits per heavy atom. The Morgan fingerprint density at radius 1 is 1.02 bits per heavy atom. The van der Waals surface area contributed by atoms with E-state index in [1.165, 1.54) is 0 Å². The van der Waals surface area contributed by atoms with E-state index in [0.29, 0.717) is 35.8 Å². The SMILES string of the molecule is CSCCC(NC(=O)c1ccc(CN(Cc2cc(Br)c(-c3ccc(Cl)cc3)o2)C(C)C)cc1-c1ccccc1C)C(=O)O. The average Bonchev–Trinajstić information content (AvgIpc) is 3.34. The van der Waals surface area contributed by atoms with Gasteiger partial charge in [-0.1, -0.05) is 41.9 Å². The number of nitrogens with zero attached hydrogens (tertiary/aromatic N) is 1. The van der Waals surface area contributed by atoms with Gasteiger partial charge in [-0.15, -0.1) is 0 Å². The molecule has 0 aliphatic rings. The zero-order valence-electron chi connectivity index (χ0n) is 24.7. The molecule has 0 saturated carbocycles. The second kappa shape index (κ2) is 15.1. The largest absolute Gasteiger partial charge is 0.480 e. The topological polar surface area (TPSA) is 82.8 Å². The van der Waals surface area contributed by atoms with Crippen molar-refractivity contribution in [2.45, 2.75) is 52.4 Å². The first-order valence-corrected chi connectivity index (χ1v) is 16.6. The zero-order chi connectivity index (χ0) is 31.1. The maximum Gasteiger partial charge on any atom is 0.326 e. The summed E-state index contributed by atoms with van der Waals surface area (Å²) >= 11 is 11.3. The summed E-state index contributed by atoms with van der Waals surface area (Å²) < 4.78 is 7.15. The number of nitrogens with one attached hydrogen (secondary N) is 1. The fourth-order valence-corrected chi connectivity index (χ4v) is 6.03. The van der Waals surface area contributed by atoms with Gasteiger partial charge in [-0.25, -0.2) is 4.79 Å². The lowest BCUT2D eigenvalue weighted by Crippen LogP contribution is -2.41. The molecule has 1 atom stereocenters. The van der Waals surface area contributed by atoms with Crippen LogP contribution < -0.4 is 5.32 Å². The van der Waals surface area contributed by atoms with Gasteiger partial charge in [0, 0.05) is 28.7 Å². The Morgan fingerprint density at radius 2 is 1.74 bits per heavy atom. The normalized spacial score (nSPS) is 12.1. The Labute approximate surface area is 270 Å². The molecule has 9 heteroatoms. The molecule has 0 fully saturated rings. The van der Waals surface area contributed by atoms with Gasteiger partial charge in [0.25, 0.3) is 5.91 Å². The molecule has 1 heterocycles. The molecular weight excluding hydrogens is 648 g/mol. The molecule has 0 bridgehead atoms. The van der Waals surface area contributed by atoms with Crippen LogP contribution in [0, 0.1) is 6.92 Å². The van der Waals surface area contributed by atoms with Crippen molar-refractivity contribution in [2.24, 2.45) is 0 Å². The number of amides is 1. The van der Waals surface area contributed by atoms with Crippen LogP contribution >= 0.6 is 39.3 Å². The molecule has 1 unspecified atom stereocenters. The predicted molar refractivity (Wildman–Crippen MR) is 180 cm³/mol. The van der Waals surface area contributed by atoms with Crippen molar-refractivity contribution in [1.82, 2.24) is 10.2 Å². The van der Waals surface area contributed by atoms with Crippen LogP contribution in [0.1, 0.15) is 47.5 Å². The third-order valence-corrected chi connectivity index (χ3v) is 8.78. The van der Waals surface area contributed by atoms with E-state index in [2.05, 4.69) is 40.0 Å². The second-order valence-electron chi connectivity index (χ2n) is 10.7. The zero-order valence-corrected chi connectivity index (χ0v) is 27.9. The standard InChI is InChI=1S/C34H36BrClN2O4S/c1-21(2)38(20-26-18-30(35)32(42-26)24-10-12-25(36)13-11-24)19-23-9-14-28(29(17-23)27-8-6-5-7-22(27)3)33(39)37-31(34(40)41)15-16-43-4/h5-14,17-18,21,31H,15-16,19-20H2,1-4H3,(H,37,39)(H,40,41). The second-order valence-corrected chi connectivity index (χ2v) is 13.0. The average molecular weight is 684 g/mol. The lowest BCUT2D eigenvalue weighted by molar-refractivity contribution is -0.139. The summed E-state index contributed by atoms with van der Waals surface area (Å²) in [6.45, 7) is 7.50. The molecule has 226 valence electrons. The molecule has 0 aliphatic carbocycles. The van der Waals surface area contributed by atoms with Gasteiger partial charge in [0.15, 0.2) is 0 Å². The summed E-state index contributed by atoms with van der Waals surface area (Å²) in [5.74, 6) is 0.789. The molecule has 1 amide bonds. The number of carbonyl (C=O) groups is 2. The molecular formula is C34H36BrClN2O4S. The number of furan rings is 1. The lowest BCUT2D eigenvalue weighted by atomic mass is 9.93. The minimum Gasteiger partial charge on any atom is -0.480 e. The van der Waals surface area contributed by atoms with E-state index in [4.69, 9.17) is 16.0 Å². The van der Waals surface area contributed by atoms with Crippen LogP contribution in [0.2, 0.25) is 5.02 Å². The van der Waals surface area contributed by atoms with Gasteiger partial charge in [-0.2, -0.15) is 11.8 Å². The van der Waals surface area contributed by atoms with Gasteiger partial charge in [-0.3, -0.25) is 9.69 Å². The van der Waals surface area contributed by atoms with Crippen molar-refractivity contribution >= 4 is 51.2 Å². The van der Waals surface area contributed by atoms with Crippen LogP contribution in [0.5, 0.6) is 0 Å². The van der Waals surface area contributed by atoms with E-state index < -0.39 is 17.9 Å². The van der Waals surface area contributed by atoms with Crippen LogP contribution in [0.4, 0.5) is 0 Å². The summed E-state index contributed by atoms with van der Waals surface area (Å²) in [5.41, 5.74) is 5.16. The van der Waals surface area contributed by atoms with Gasteiger partial charge in [0.1, 0.15) is 17.6 Å². The Bertz CT molecular complexity index is 1570. The van der Waals surface area contributed by atoms with E-state index in [-0.39, 0.29) is 6.04 Å². The highest BCUT2D eigenvalue weighted by Gasteiger charge is 2.23. The third kappa shape index (κ3) is 8.54. The Hall–Kier alpha value is -3.04. The number of aliphatic carboxylic acids is 1. The summed E-state index contributed by atoms with van der Waals surface area (Å²) in [5, 5.41) is 13.1. The molecule has 3 aromatic carbocycles. The molecule has 4 aromatic rings. The summed E-state index contributed by atoms with van der Waals surface area (Å²) in [6, 6.07) is 22.5. The van der Waals surface area contributed by atoms with E-state index in [0.717, 1.165) is 43.8 Å². The number of carboxylic acids is 1. The maximum atomic E-state index is 13.5. The number of aryl methyl sites for hydroxylation is 1. The molecule has 0 aliphatic heterocycles. The molecule has 6 nitrogen and oxygen atoms in total. The molecule has 1 aromatic heterocycles. The van der Waals surface area contributed by atoms with Crippen molar-refractivity contribution < 1.29 is 19.1 Å². The summed E-state index contributed by atoms with van der Waals surface area (Å²) in [4.78, 5) is 27.6. The number of halogens is 2. The van der Waals surface area contributed by atoms with Gasteiger partial charge >= 0.3 is 5.97 Å². The van der Waals surface area contributed by atoms with Gasteiger partial charge in [0.05, 0.1) is 11.0 Å². The minimum atomic E-state index is -1.03. The van der Waals surface area contributed by atoms with E-state index in [9.17, 15) is 14.7 Å². The first-order chi connectivity index (χ1) is 20.6. The van der Waals surface area contributed by atoms with E-state index >= 15 is 0 Å². The fourth-order valence-electron chi connectivity index (χ4n) is 4.86. The van der Waals surface area contributed by atoms with Crippen molar-refractivity contribution in [3.63, 3.8) is 0 Å². The summed E-state index contributed by atoms with van der Waals surface area (Å²) in [6.07, 6.45) is 2.27. The monoisotopic (exact) mass is 682 g/mol. The van der Waals surface area contributed by atoms with Crippen LogP contribution in [0.3, 0.4) is 0 Å². The van der Waals surface area contributed by atoms with Crippen LogP contribution in [-0.4, -0.2) is 46.0 Å². The smallest absolute Gasteiger partial charge is 0.326 e. The summed E-state index contributed by atoms with van der Waals surface area (Å²) in [7, 11) is 0. The van der Waals surface area contributed by atoms with Gasteiger partial charge in [0.2, 0.25) is 0 Å². The van der Waals surface area contributed by atoms with Gasteiger partial charge in [-0.05, 0) is 120 Å². The number of carbonyl (C=O) groups excluding carboxylic acids is 1. The highest BCUT2D eigenvalue weighted by atomic mass is 79.9. The molecule has 0 saturated heterocycles. The van der Waals surface area contributed by atoms with Crippen LogP contribution in [0.15, 0.2) is 81.7 Å². The number of rotatable bonds is 13. The van der Waals surface area contributed by atoms with Crippen LogP contribution in [0.25, 0.3) is 22.5 Å². The quantitative estimate of drug-likeness (QED) is 0.147. The van der Waals surface area contributed by atoms with Crippen molar-refractivity contribution in [3.8, 4) is 22.5 Å². The maximum absolute atomic E-state index is 13.5. The first kappa shape index (κ1) is 32.9. The molecule has 43 heavy (non-hydrogen) atoms. The van der Waals surface area contributed by atoms with E-state index in [1.807, 2.05) is 79.9 Å². The Balaban J connectivity index is 1.63. The lowest BCUT2D eigenvalue weighted by Gasteiger charge is -2.26. The number of carboxylic acid groups (broad SMARTS) is 1. The highest BCUT2D eigenvalue weighted by molar-refractivity contribution is 9.10. The number of benzene rings is 3. The first-order valence-electron chi connectivity index (χ1n) is 14.1. The number of thioether (sulfide) groups is 1. The predicted octanol–water partition coefficient (Wildman–Crippen LogP) is 8.68. The third-order valence-electron chi connectivity index (χ3n) is 7.30. The molecule has 4 rings (SSSR count). The van der Waals surface area contributed by atoms with E-state index in [1.54, 1.807) is 17.8 Å². The molecule has 2 N–H and O–H groups in total. The van der Waals surface area contributed by atoms with Crippen LogP contribution in [-0.2, 0) is 17.9 Å². The van der Waals surface area contributed by atoms with Crippen molar-refractivity contribution in [1.29, 1.82) is 0 Å². The highest BCUT2D eigenvalue weighted by Crippen LogP contribution is 2.34. The van der Waals surface area contributed by atoms with Crippen molar-refractivity contribution in [2.75, 3.05) is 12.0 Å². The molecule has 0 radical (unpaired) electrons. The molecule has 0 spiro atoms.